The maximum Gasteiger partial charge on any atom is 0.341 e. The summed E-state index contributed by atoms with van der Waals surface area (Å²) in [7, 11) is 0. The number of phenols is 1. The standard InChI is InChI=1S/C11H12O5S/c1-6(12)7-3-10(17-2)8(13)4-9(7)16-5-11(14)15/h3-4,13H,5H2,1-2H3,(H,14,15). The quantitative estimate of drug-likeness (QED) is 0.617. The van der Waals surface area contributed by atoms with Crippen molar-refractivity contribution in [1.29, 1.82) is 0 Å². The van der Waals surface area contributed by atoms with Crippen molar-refractivity contribution in [3.8, 4) is 11.5 Å². The predicted octanol–water partition coefficient (Wildman–Crippen LogP) is 1.78. The number of carboxylic acid groups (broad SMARTS) is 1. The van der Waals surface area contributed by atoms with Crippen molar-refractivity contribution >= 4 is 23.5 Å². The van der Waals surface area contributed by atoms with Crippen LogP contribution < -0.4 is 4.74 Å². The Labute approximate surface area is 102 Å². The number of ether oxygens (including phenoxy) is 1. The first-order valence-corrected chi connectivity index (χ1v) is 5.94. The van der Waals surface area contributed by atoms with Gasteiger partial charge >= 0.3 is 5.97 Å². The number of hydrogen-bond donors (Lipinski definition) is 2. The van der Waals surface area contributed by atoms with Gasteiger partial charge in [-0.3, -0.25) is 4.79 Å². The van der Waals surface area contributed by atoms with Gasteiger partial charge in [-0.15, -0.1) is 11.8 Å². The number of benzene rings is 1. The second-order valence-corrected chi connectivity index (χ2v) is 4.11. The summed E-state index contributed by atoms with van der Waals surface area (Å²) in [5, 5.41) is 18.1. The van der Waals surface area contributed by atoms with Crippen molar-refractivity contribution in [2.75, 3.05) is 12.9 Å². The highest BCUT2D eigenvalue weighted by Gasteiger charge is 2.14. The summed E-state index contributed by atoms with van der Waals surface area (Å²) in [6.45, 7) is 0.794. The molecule has 0 saturated heterocycles. The molecule has 17 heavy (non-hydrogen) atoms. The van der Waals surface area contributed by atoms with Crippen LogP contribution >= 0.6 is 11.8 Å². The first kappa shape index (κ1) is 13.4. The van der Waals surface area contributed by atoms with Crippen LogP contribution in [0, 0.1) is 0 Å². The molecule has 92 valence electrons. The zero-order valence-corrected chi connectivity index (χ0v) is 10.2. The van der Waals surface area contributed by atoms with Gasteiger partial charge in [0, 0.05) is 11.0 Å². The fraction of sp³-hybridized carbons (Fsp3) is 0.273. The van der Waals surface area contributed by atoms with Gasteiger partial charge in [-0.05, 0) is 19.2 Å². The zero-order chi connectivity index (χ0) is 13.0. The van der Waals surface area contributed by atoms with Gasteiger partial charge in [0.05, 0.1) is 5.56 Å². The first-order valence-electron chi connectivity index (χ1n) is 4.72. The van der Waals surface area contributed by atoms with E-state index in [1.165, 1.54) is 30.8 Å². The molecule has 0 aliphatic heterocycles. The minimum Gasteiger partial charge on any atom is -0.507 e. The lowest BCUT2D eigenvalue weighted by Crippen LogP contribution is -2.11. The molecule has 0 amide bonds. The fourth-order valence-corrected chi connectivity index (χ4v) is 1.75. The van der Waals surface area contributed by atoms with Gasteiger partial charge in [-0.2, -0.15) is 0 Å². The summed E-state index contributed by atoms with van der Waals surface area (Å²) in [5.74, 6) is -1.35. The second kappa shape index (κ2) is 5.58. The minimum absolute atomic E-state index is 0.0390. The van der Waals surface area contributed by atoms with E-state index in [0.29, 0.717) is 4.90 Å². The van der Waals surface area contributed by atoms with Crippen LogP contribution in [0.5, 0.6) is 11.5 Å². The van der Waals surface area contributed by atoms with E-state index in [0.717, 1.165) is 0 Å². The molecular formula is C11H12O5S. The SMILES string of the molecule is CSc1cc(C(C)=O)c(OCC(=O)O)cc1O. The van der Waals surface area contributed by atoms with Crippen LogP contribution in [0.15, 0.2) is 17.0 Å². The summed E-state index contributed by atoms with van der Waals surface area (Å²) in [6.07, 6.45) is 1.76. The average molecular weight is 256 g/mol. The van der Waals surface area contributed by atoms with Gasteiger partial charge in [-0.25, -0.2) is 4.79 Å². The zero-order valence-electron chi connectivity index (χ0n) is 9.39. The van der Waals surface area contributed by atoms with Crippen LogP contribution in [0.2, 0.25) is 0 Å². The molecule has 0 fully saturated rings. The summed E-state index contributed by atoms with van der Waals surface area (Å²) >= 11 is 1.29. The maximum atomic E-state index is 11.4. The number of phenolic OH excluding ortho intramolecular Hbond substituents is 1. The Hall–Kier alpha value is -1.69. The number of thioether (sulfide) groups is 1. The number of ketones is 1. The molecule has 0 atom stereocenters. The molecule has 0 heterocycles. The molecule has 0 aliphatic carbocycles. The molecule has 1 aromatic carbocycles. The van der Waals surface area contributed by atoms with Gasteiger partial charge < -0.3 is 14.9 Å². The molecule has 2 N–H and O–H groups in total. The van der Waals surface area contributed by atoms with Gasteiger partial charge in [0.15, 0.2) is 12.4 Å². The van der Waals surface area contributed by atoms with Gasteiger partial charge in [-0.1, -0.05) is 0 Å². The van der Waals surface area contributed by atoms with Crippen molar-refractivity contribution in [3.63, 3.8) is 0 Å². The van der Waals surface area contributed by atoms with Gasteiger partial charge in [0.2, 0.25) is 0 Å². The van der Waals surface area contributed by atoms with E-state index < -0.39 is 12.6 Å². The Morgan fingerprint density at radius 1 is 1.41 bits per heavy atom. The van der Waals surface area contributed by atoms with E-state index in [-0.39, 0.29) is 22.8 Å². The van der Waals surface area contributed by atoms with E-state index in [9.17, 15) is 14.7 Å². The lowest BCUT2D eigenvalue weighted by Gasteiger charge is -2.10. The summed E-state index contributed by atoms with van der Waals surface area (Å²) < 4.78 is 4.95. The summed E-state index contributed by atoms with van der Waals surface area (Å²) in [6, 6.07) is 2.74. The Morgan fingerprint density at radius 2 is 2.06 bits per heavy atom. The third-order valence-electron chi connectivity index (χ3n) is 2.01. The third-order valence-corrected chi connectivity index (χ3v) is 2.78. The van der Waals surface area contributed by atoms with Crippen LogP contribution in [-0.4, -0.2) is 34.8 Å². The van der Waals surface area contributed by atoms with E-state index in [2.05, 4.69) is 0 Å². The van der Waals surface area contributed by atoms with Crippen molar-refractivity contribution in [2.24, 2.45) is 0 Å². The second-order valence-electron chi connectivity index (χ2n) is 3.26. The van der Waals surface area contributed by atoms with Crippen LogP contribution in [0.4, 0.5) is 0 Å². The number of carbonyl (C=O) groups is 2. The molecule has 1 aromatic rings. The molecule has 5 nitrogen and oxygen atoms in total. The van der Waals surface area contributed by atoms with Gasteiger partial charge in [0.1, 0.15) is 11.5 Å². The highest BCUT2D eigenvalue weighted by Crippen LogP contribution is 2.34. The Kier molecular flexibility index (Phi) is 4.39. The van der Waals surface area contributed by atoms with Crippen LogP contribution in [-0.2, 0) is 4.79 Å². The van der Waals surface area contributed by atoms with E-state index in [1.54, 1.807) is 6.26 Å². The van der Waals surface area contributed by atoms with E-state index in [4.69, 9.17) is 9.84 Å². The van der Waals surface area contributed by atoms with Crippen molar-refractivity contribution in [1.82, 2.24) is 0 Å². The Balaban J connectivity index is 3.13. The van der Waals surface area contributed by atoms with Crippen LogP contribution in [0.25, 0.3) is 0 Å². The summed E-state index contributed by atoms with van der Waals surface area (Å²) in [4.78, 5) is 22.3. The molecule has 0 aromatic heterocycles. The number of carboxylic acids is 1. The highest BCUT2D eigenvalue weighted by molar-refractivity contribution is 7.98. The van der Waals surface area contributed by atoms with E-state index >= 15 is 0 Å². The fourth-order valence-electron chi connectivity index (χ4n) is 1.25. The maximum absolute atomic E-state index is 11.4. The molecule has 6 heteroatoms. The smallest absolute Gasteiger partial charge is 0.341 e. The number of aliphatic carboxylic acids is 1. The number of rotatable bonds is 5. The summed E-state index contributed by atoms with van der Waals surface area (Å²) in [5.41, 5.74) is 0.258. The third kappa shape index (κ3) is 3.39. The van der Waals surface area contributed by atoms with Crippen molar-refractivity contribution in [3.05, 3.63) is 17.7 Å². The normalized spacial score (nSPS) is 10.0. The lowest BCUT2D eigenvalue weighted by molar-refractivity contribution is -0.139. The molecule has 0 spiro atoms. The molecule has 0 aliphatic rings. The number of hydrogen-bond acceptors (Lipinski definition) is 5. The molecule has 0 saturated carbocycles. The minimum atomic E-state index is -1.15. The average Bonchev–Trinajstić information content (AvgIpc) is 2.25. The lowest BCUT2D eigenvalue weighted by atomic mass is 10.1. The molecular weight excluding hydrogens is 244 g/mol. The van der Waals surface area contributed by atoms with Crippen molar-refractivity contribution in [2.45, 2.75) is 11.8 Å². The van der Waals surface area contributed by atoms with Crippen molar-refractivity contribution < 1.29 is 24.5 Å². The van der Waals surface area contributed by atoms with Crippen LogP contribution in [0.1, 0.15) is 17.3 Å². The predicted molar refractivity (Wildman–Crippen MR) is 63.0 cm³/mol. The number of aromatic hydroxyl groups is 1. The van der Waals surface area contributed by atoms with Crippen LogP contribution in [0.3, 0.4) is 0 Å². The topological polar surface area (TPSA) is 83.8 Å². The van der Waals surface area contributed by atoms with Gasteiger partial charge in [0.25, 0.3) is 0 Å². The largest absolute Gasteiger partial charge is 0.507 e. The highest BCUT2D eigenvalue weighted by atomic mass is 32.2. The van der Waals surface area contributed by atoms with E-state index in [1.807, 2.05) is 0 Å². The molecule has 0 bridgehead atoms. The molecule has 1 rings (SSSR count). The number of Topliss-reactive ketones (excluding diaryl/α,β-unsaturated/α-hetero) is 1. The molecule has 0 unspecified atom stereocenters. The molecule has 0 radical (unpaired) electrons. The number of carbonyl (C=O) groups excluding carboxylic acids is 1. The first-order chi connectivity index (χ1) is 7.95. The Bertz CT molecular complexity index is 455. The Morgan fingerprint density at radius 3 is 2.53 bits per heavy atom. The monoisotopic (exact) mass is 256 g/mol.